The number of anilines is 1. The first kappa shape index (κ1) is 19.9. The molecule has 1 fully saturated rings. The molecule has 2 heterocycles. The molecule has 7 nitrogen and oxygen atoms in total. The number of carbonyl (C=O) groups excluding carboxylic acids is 2. The lowest BCUT2D eigenvalue weighted by Crippen LogP contribution is -2.51. The number of carbonyl (C=O) groups is 2. The first-order valence-corrected chi connectivity index (χ1v) is 9.73. The zero-order valence-electron chi connectivity index (χ0n) is 16.2. The van der Waals surface area contributed by atoms with Crippen molar-refractivity contribution in [1.29, 1.82) is 0 Å². The van der Waals surface area contributed by atoms with Crippen LogP contribution < -0.4 is 10.1 Å². The monoisotopic (exact) mass is 385 g/mol. The van der Waals surface area contributed by atoms with E-state index < -0.39 is 0 Å². The molecule has 3 rings (SSSR count). The van der Waals surface area contributed by atoms with Gasteiger partial charge in [0.25, 0.3) is 0 Å². The van der Waals surface area contributed by atoms with Crippen LogP contribution in [-0.2, 0) is 0 Å². The molecule has 2 aromatic rings. The lowest BCUT2D eigenvalue weighted by atomic mass is 10.2. The van der Waals surface area contributed by atoms with E-state index in [1.165, 1.54) is 6.26 Å². The third-order valence-corrected chi connectivity index (χ3v) is 4.69. The normalized spacial score (nSPS) is 14.7. The highest BCUT2D eigenvalue weighted by atomic mass is 16.5. The second-order valence-electron chi connectivity index (χ2n) is 6.82. The molecule has 0 spiro atoms. The highest BCUT2D eigenvalue weighted by molar-refractivity contribution is 5.95. The minimum Gasteiger partial charge on any atom is -0.494 e. The standard InChI is InChI=1S/C21H27N3O4/c1-2-3-14-27-18-8-6-17(7-9-18)22-21(26)24-12-10-23(11-13-24)16-19(25)20-5-4-15-28-20/h4-9,15H,2-3,10-14,16H2,1H3,(H,22,26). The van der Waals surface area contributed by atoms with E-state index in [1.807, 2.05) is 29.2 Å². The average Bonchev–Trinajstić information content (AvgIpc) is 3.25. The van der Waals surface area contributed by atoms with Crippen molar-refractivity contribution in [3.8, 4) is 5.75 Å². The Labute approximate surface area is 165 Å². The van der Waals surface area contributed by atoms with Gasteiger partial charge in [-0.1, -0.05) is 13.3 Å². The maximum absolute atomic E-state index is 12.5. The van der Waals surface area contributed by atoms with Crippen LogP contribution in [0.25, 0.3) is 0 Å². The van der Waals surface area contributed by atoms with Crippen molar-refractivity contribution in [2.24, 2.45) is 0 Å². The second-order valence-corrected chi connectivity index (χ2v) is 6.82. The summed E-state index contributed by atoms with van der Waals surface area (Å²) in [5.74, 6) is 1.15. The number of urea groups is 1. The van der Waals surface area contributed by atoms with Gasteiger partial charge >= 0.3 is 6.03 Å². The summed E-state index contributed by atoms with van der Waals surface area (Å²) in [6, 6.07) is 10.7. The van der Waals surface area contributed by atoms with Gasteiger partial charge in [-0.3, -0.25) is 9.69 Å². The molecule has 2 amide bonds. The van der Waals surface area contributed by atoms with Gasteiger partial charge in [-0.15, -0.1) is 0 Å². The summed E-state index contributed by atoms with van der Waals surface area (Å²) < 4.78 is 10.8. The summed E-state index contributed by atoms with van der Waals surface area (Å²) in [4.78, 5) is 28.4. The summed E-state index contributed by atoms with van der Waals surface area (Å²) >= 11 is 0. The summed E-state index contributed by atoms with van der Waals surface area (Å²) in [5.41, 5.74) is 0.739. The molecule has 0 atom stereocenters. The van der Waals surface area contributed by atoms with Gasteiger partial charge in [0.15, 0.2) is 5.76 Å². The first-order valence-electron chi connectivity index (χ1n) is 9.73. The summed E-state index contributed by atoms with van der Waals surface area (Å²) in [6.45, 7) is 5.61. The van der Waals surface area contributed by atoms with Gasteiger partial charge in [-0.2, -0.15) is 0 Å². The molecule has 0 unspecified atom stereocenters. The minimum absolute atomic E-state index is 0.0378. The van der Waals surface area contributed by atoms with E-state index in [2.05, 4.69) is 12.2 Å². The number of ketones is 1. The minimum atomic E-state index is -0.128. The number of Topliss-reactive ketones (excluding diaryl/α,β-unsaturated/α-hetero) is 1. The molecule has 1 aliphatic heterocycles. The Morgan fingerprint density at radius 2 is 1.86 bits per heavy atom. The molecular formula is C21H27N3O4. The Bertz CT molecular complexity index is 750. The van der Waals surface area contributed by atoms with Crippen molar-refractivity contribution in [1.82, 2.24) is 9.80 Å². The molecule has 0 bridgehead atoms. The molecule has 1 saturated heterocycles. The lowest BCUT2D eigenvalue weighted by Gasteiger charge is -2.34. The predicted octanol–water partition coefficient (Wildman–Crippen LogP) is 3.49. The topological polar surface area (TPSA) is 75.0 Å². The maximum atomic E-state index is 12.5. The van der Waals surface area contributed by atoms with Crippen LogP contribution in [0.5, 0.6) is 5.75 Å². The van der Waals surface area contributed by atoms with Crippen LogP contribution in [-0.4, -0.2) is 60.9 Å². The van der Waals surface area contributed by atoms with E-state index in [4.69, 9.17) is 9.15 Å². The molecule has 150 valence electrons. The SMILES string of the molecule is CCCCOc1ccc(NC(=O)N2CCN(CC(=O)c3ccco3)CC2)cc1. The first-order chi connectivity index (χ1) is 13.7. The molecule has 28 heavy (non-hydrogen) atoms. The second kappa shape index (κ2) is 9.94. The molecule has 0 aliphatic carbocycles. The summed E-state index contributed by atoms with van der Waals surface area (Å²) in [5, 5.41) is 2.92. The number of nitrogens with zero attached hydrogens (tertiary/aromatic N) is 2. The largest absolute Gasteiger partial charge is 0.494 e. The van der Waals surface area contributed by atoms with E-state index in [9.17, 15) is 9.59 Å². The van der Waals surface area contributed by atoms with Gasteiger partial charge in [0.2, 0.25) is 5.78 Å². The van der Waals surface area contributed by atoms with E-state index in [0.717, 1.165) is 24.3 Å². The Morgan fingerprint density at radius 3 is 2.50 bits per heavy atom. The van der Waals surface area contributed by atoms with Gasteiger partial charge in [0.05, 0.1) is 19.4 Å². The number of amides is 2. The molecule has 1 N–H and O–H groups in total. The lowest BCUT2D eigenvalue weighted by molar-refractivity contribution is 0.0857. The molecule has 1 aromatic carbocycles. The number of hydrogen-bond donors (Lipinski definition) is 1. The van der Waals surface area contributed by atoms with Crippen LogP contribution in [0.4, 0.5) is 10.5 Å². The van der Waals surface area contributed by atoms with Crippen molar-refractivity contribution >= 4 is 17.5 Å². The number of piperazine rings is 1. The Balaban J connectivity index is 1.41. The highest BCUT2D eigenvalue weighted by Crippen LogP contribution is 2.17. The number of unbranched alkanes of at least 4 members (excludes halogenated alkanes) is 1. The quantitative estimate of drug-likeness (QED) is 0.556. The number of ether oxygens (including phenoxy) is 1. The summed E-state index contributed by atoms with van der Waals surface area (Å²) in [7, 11) is 0. The number of nitrogens with one attached hydrogen (secondary N) is 1. The van der Waals surface area contributed by atoms with Crippen LogP contribution in [0.15, 0.2) is 47.1 Å². The molecule has 7 heteroatoms. The molecule has 1 aromatic heterocycles. The van der Waals surface area contributed by atoms with Crippen molar-refractivity contribution in [3.05, 3.63) is 48.4 Å². The average molecular weight is 385 g/mol. The van der Waals surface area contributed by atoms with Crippen molar-refractivity contribution in [2.75, 3.05) is 44.6 Å². The summed E-state index contributed by atoms with van der Waals surface area (Å²) in [6.07, 6.45) is 3.62. The van der Waals surface area contributed by atoms with Gasteiger partial charge in [-0.25, -0.2) is 4.79 Å². The van der Waals surface area contributed by atoms with Crippen molar-refractivity contribution < 1.29 is 18.7 Å². The van der Waals surface area contributed by atoms with Crippen molar-refractivity contribution in [2.45, 2.75) is 19.8 Å². The number of furan rings is 1. The van der Waals surface area contributed by atoms with Crippen LogP contribution in [0.1, 0.15) is 30.3 Å². The molecule has 1 aliphatic rings. The highest BCUT2D eigenvalue weighted by Gasteiger charge is 2.23. The molecular weight excluding hydrogens is 358 g/mol. The Kier molecular flexibility index (Phi) is 7.08. The van der Waals surface area contributed by atoms with Gasteiger partial charge in [-0.05, 0) is 42.8 Å². The van der Waals surface area contributed by atoms with Gasteiger partial charge in [0.1, 0.15) is 5.75 Å². The predicted molar refractivity (Wildman–Crippen MR) is 107 cm³/mol. The van der Waals surface area contributed by atoms with E-state index >= 15 is 0 Å². The fourth-order valence-corrected chi connectivity index (χ4v) is 3.00. The van der Waals surface area contributed by atoms with Crippen LogP contribution >= 0.6 is 0 Å². The van der Waals surface area contributed by atoms with Crippen LogP contribution in [0, 0.1) is 0 Å². The Hall–Kier alpha value is -2.80. The van der Waals surface area contributed by atoms with Crippen LogP contribution in [0.3, 0.4) is 0 Å². The van der Waals surface area contributed by atoms with E-state index in [0.29, 0.717) is 45.1 Å². The van der Waals surface area contributed by atoms with E-state index in [-0.39, 0.29) is 11.8 Å². The number of hydrogen-bond acceptors (Lipinski definition) is 5. The van der Waals surface area contributed by atoms with E-state index in [1.54, 1.807) is 17.0 Å². The molecule has 0 radical (unpaired) electrons. The van der Waals surface area contributed by atoms with Gasteiger partial charge in [0, 0.05) is 31.9 Å². The zero-order valence-corrected chi connectivity index (χ0v) is 16.2. The van der Waals surface area contributed by atoms with Crippen LogP contribution in [0.2, 0.25) is 0 Å². The number of rotatable bonds is 8. The molecule has 0 saturated carbocycles. The number of benzene rings is 1. The maximum Gasteiger partial charge on any atom is 0.321 e. The fraction of sp³-hybridized carbons (Fsp3) is 0.429. The zero-order chi connectivity index (χ0) is 19.8. The smallest absolute Gasteiger partial charge is 0.321 e. The third-order valence-electron chi connectivity index (χ3n) is 4.69. The van der Waals surface area contributed by atoms with Gasteiger partial charge < -0.3 is 19.4 Å². The third kappa shape index (κ3) is 5.60. The Morgan fingerprint density at radius 1 is 1.11 bits per heavy atom. The van der Waals surface area contributed by atoms with Crippen molar-refractivity contribution in [3.63, 3.8) is 0 Å². The fourth-order valence-electron chi connectivity index (χ4n) is 3.00.